The highest BCUT2D eigenvalue weighted by molar-refractivity contribution is 7.11. The number of nitrogens with zero attached hydrogens (tertiary/aromatic N) is 3. The Morgan fingerprint density at radius 1 is 1.07 bits per heavy atom. The van der Waals surface area contributed by atoms with Crippen LogP contribution in [0.2, 0.25) is 0 Å². The number of rotatable bonds is 6. The van der Waals surface area contributed by atoms with E-state index in [4.69, 9.17) is 5.41 Å². The largest absolute Gasteiger partial charge is 0.510 e. The zero-order valence-electron chi connectivity index (χ0n) is 16.3. The predicted molar refractivity (Wildman–Crippen MR) is 121 cm³/mol. The second-order valence-electron chi connectivity index (χ2n) is 7.30. The lowest BCUT2D eigenvalue weighted by molar-refractivity contribution is 0.347. The third-order valence-electron chi connectivity index (χ3n) is 5.25. The van der Waals surface area contributed by atoms with Crippen molar-refractivity contribution in [2.24, 2.45) is 0 Å². The number of aromatic nitrogens is 3. The molecule has 150 valence electrons. The molecule has 2 aromatic heterocycles. The minimum Gasteiger partial charge on any atom is -0.510 e. The Kier molecular flexibility index (Phi) is 4.80. The fourth-order valence-corrected chi connectivity index (χ4v) is 4.64. The molecule has 6 nitrogen and oxygen atoms in total. The molecule has 0 unspecified atom stereocenters. The van der Waals surface area contributed by atoms with Gasteiger partial charge in [-0.3, -0.25) is 5.41 Å². The average Bonchev–Trinajstić information content (AvgIpc) is 3.46. The van der Waals surface area contributed by atoms with Gasteiger partial charge in [0.15, 0.2) is 0 Å². The number of benzene rings is 2. The van der Waals surface area contributed by atoms with Crippen LogP contribution in [0, 0.1) is 5.41 Å². The zero-order valence-corrected chi connectivity index (χ0v) is 17.1. The smallest absolute Gasteiger partial charge is 0.135 e. The molecule has 5 rings (SSSR count). The van der Waals surface area contributed by atoms with E-state index in [0.717, 1.165) is 41.0 Å². The van der Waals surface area contributed by atoms with E-state index in [1.807, 2.05) is 64.9 Å². The van der Waals surface area contributed by atoms with Crippen molar-refractivity contribution in [1.82, 2.24) is 19.9 Å². The van der Waals surface area contributed by atoms with E-state index in [9.17, 15) is 5.11 Å². The maximum Gasteiger partial charge on any atom is 0.135 e. The molecule has 0 amide bonds. The first-order valence-electron chi connectivity index (χ1n) is 9.90. The van der Waals surface area contributed by atoms with Crippen molar-refractivity contribution < 1.29 is 5.11 Å². The summed E-state index contributed by atoms with van der Waals surface area (Å²) < 4.78 is 0. The molecule has 0 saturated heterocycles. The summed E-state index contributed by atoms with van der Waals surface area (Å²) in [6.07, 6.45) is 1.64. The van der Waals surface area contributed by atoms with Crippen molar-refractivity contribution in [3.05, 3.63) is 76.6 Å². The topological polar surface area (TPSA) is 88.9 Å². The Morgan fingerprint density at radius 3 is 2.70 bits per heavy atom. The zero-order chi connectivity index (χ0) is 20.5. The van der Waals surface area contributed by atoms with Gasteiger partial charge in [-0.05, 0) is 18.6 Å². The molecular formula is C23H21N5OS. The van der Waals surface area contributed by atoms with Gasteiger partial charge in [-0.15, -0.1) is 11.3 Å². The van der Waals surface area contributed by atoms with Gasteiger partial charge in [0.2, 0.25) is 0 Å². The van der Waals surface area contributed by atoms with E-state index in [-0.39, 0.29) is 5.76 Å². The molecule has 3 heterocycles. The number of aliphatic hydroxyl groups excluding tert-OH is 1. The number of aromatic amines is 1. The van der Waals surface area contributed by atoms with Crippen LogP contribution in [0.1, 0.15) is 17.3 Å². The van der Waals surface area contributed by atoms with Gasteiger partial charge in [-0.25, -0.2) is 9.97 Å². The number of hydrogen-bond acceptors (Lipinski definition) is 5. The maximum atomic E-state index is 10.5. The predicted octanol–water partition coefficient (Wildman–Crippen LogP) is 4.88. The van der Waals surface area contributed by atoms with Crippen LogP contribution in [0.3, 0.4) is 0 Å². The fourth-order valence-electron chi connectivity index (χ4n) is 3.74. The van der Waals surface area contributed by atoms with E-state index >= 15 is 0 Å². The number of H-pyrrole nitrogens is 1. The Labute approximate surface area is 178 Å². The van der Waals surface area contributed by atoms with Gasteiger partial charge in [0, 0.05) is 23.9 Å². The maximum absolute atomic E-state index is 10.5. The van der Waals surface area contributed by atoms with Crippen LogP contribution in [0.4, 0.5) is 0 Å². The number of para-hydroxylation sites is 2. The number of amidine groups is 1. The summed E-state index contributed by atoms with van der Waals surface area (Å²) in [5.41, 5.74) is 4.47. The fraction of sp³-hybridized carbons (Fsp3) is 0.174. The quantitative estimate of drug-likeness (QED) is 0.419. The monoisotopic (exact) mass is 415 g/mol. The minimum absolute atomic E-state index is 0.220. The summed E-state index contributed by atoms with van der Waals surface area (Å²) in [6.45, 7) is 1.04. The number of nitrogens with one attached hydrogen (secondary N) is 2. The van der Waals surface area contributed by atoms with Crippen LogP contribution < -0.4 is 0 Å². The summed E-state index contributed by atoms with van der Waals surface area (Å²) in [6, 6.07) is 17.9. The number of imidazole rings is 1. The number of thiazole rings is 1. The molecular weight excluding hydrogens is 394 g/mol. The number of hydrogen-bond donors (Lipinski definition) is 3. The van der Waals surface area contributed by atoms with Crippen molar-refractivity contribution in [1.29, 1.82) is 5.41 Å². The summed E-state index contributed by atoms with van der Waals surface area (Å²) in [7, 11) is 0. The second kappa shape index (κ2) is 7.76. The standard InChI is InChI=1S/C23H21N5OS/c24-22-21(23-27-18(14-30-23)15-7-2-1-3-8-15)19(29)13-28(22)12-6-11-20-25-16-9-4-5-10-17(16)26-20/h1-5,7-10,14,24,29H,6,11-13H2,(H,25,26). The van der Waals surface area contributed by atoms with Gasteiger partial charge in [0.25, 0.3) is 0 Å². The van der Waals surface area contributed by atoms with Crippen molar-refractivity contribution >= 4 is 33.8 Å². The molecule has 0 fully saturated rings. The van der Waals surface area contributed by atoms with E-state index in [2.05, 4.69) is 15.0 Å². The lowest BCUT2D eigenvalue weighted by atomic mass is 10.2. The molecule has 2 aromatic carbocycles. The van der Waals surface area contributed by atoms with E-state index < -0.39 is 0 Å². The molecule has 0 radical (unpaired) electrons. The molecule has 0 spiro atoms. The van der Waals surface area contributed by atoms with Gasteiger partial charge >= 0.3 is 0 Å². The highest BCUT2D eigenvalue weighted by atomic mass is 32.1. The molecule has 3 N–H and O–H groups in total. The normalized spacial score (nSPS) is 14.3. The number of fused-ring (bicyclic) bond motifs is 1. The first-order valence-corrected chi connectivity index (χ1v) is 10.8. The van der Waals surface area contributed by atoms with Crippen LogP contribution in [0.25, 0.3) is 27.9 Å². The van der Waals surface area contributed by atoms with E-state index in [1.54, 1.807) is 0 Å². The van der Waals surface area contributed by atoms with Gasteiger partial charge in [-0.2, -0.15) is 0 Å². The van der Waals surface area contributed by atoms with E-state index in [0.29, 0.717) is 29.5 Å². The summed E-state index contributed by atoms with van der Waals surface area (Å²) in [5.74, 6) is 1.51. The Hall–Kier alpha value is -3.45. The van der Waals surface area contributed by atoms with E-state index in [1.165, 1.54) is 11.3 Å². The number of aliphatic hydroxyl groups is 1. The van der Waals surface area contributed by atoms with Crippen LogP contribution >= 0.6 is 11.3 Å². The molecule has 1 aliphatic heterocycles. The van der Waals surface area contributed by atoms with Crippen LogP contribution in [0.5, 0.6) is 0 Å². The molecule has 0 aliphatic carbocycles. The lowest BCUT2D eigenvalue weighted by Crippen LogP contribution is -2.28. The second-order valence-corrected chi connectivity index (χ2v) is 8.16. The molecule has 7 heteroatoms. The van der Waals surface area contributed by atoms with Crippen molar-refractivity contribution in [3.63, 3.8) is 0 Å². The summed E-state index contributed by atoms with van der Waals surface area (Å²) >= 11 is 1.46. The van der Waals surface area contributed by atoms with Crippen LogP contribution in [0.15, 0.2) is 65.7 Å². The molecule has 0 saturated carbocycles. The van der Waals surface area contributed by atoms with Crippen molar-refractivity contribution in [2.45, 2.75) is 12.8 Å². The van der Waals surface area contributed by atoms with Crippen molar-refractivity contribution in [2.75, 3.05) is 13.1 Å². The highest BCUT2D eigenvalue weighted by Crippen LogP contribution is 2.32. The number of aryl methyl sites for hydroxylation is 1. The minimum atomic E-state index is 0.220. The first kappa shape index (κ1) is 18.6. The Balaban J connectivity index is 1.24. The summed E-state index contributed by atoms with van der Waals surface area (Å²) in [5, 5.41) is 21.8. The SMILES string of the molecule is N=C1C(c2nc(-c3ccccc3)cs2)=C(O)CN1CCCc1nc2ccccc2[nH]1. The molecule has 4 aromatic rings. The highest BCUT2D eigenvalue weighted by Gasteiger charge is 2.30. The van der Waals surface area contributed by atoms with Gasteiger partial charge < -0.3 is 15.0 Å². The summed E-state index contributed by atoms with van der Waals surface area (Å²) in [4.78, 5) is 14.5. The lowest BCUT2D eigenvalue weighted by Gasteiger charge is -2.17. The molecule has 0 atom stereocenters. The van der Waals surface area contributed by atoms with Gasteiger partial charge in [0.05, 0.1) is 28.8 Å². The van der Waals surface area contributed by atoms with Gasteiger partial charge in [0.1, 0.15) is 22.4 Å². The molecule has 30 heavy (non-hydrogen) atoms. The third kappa shape index (κ3) is 3.48. The van der Waals surface area contributed by atoms with Crippen LogP contribution in [-0.2, 0) is 6.42 Å². The van der Waals surface area contributed by atoms with Crippen molar-refractivity contribution in [3.8, 4) is 11.3 Å². The Morgan fingerprint density at radius 2 is 1.87 bits per heavy atom. The Bertz CT molecular complexity index is 1210. The average molecular weight is 416 g/mol. The molecule has 0 bridgehead atoms. The molecule has 1 aliphatic rings. The van der Waals surface area contributed by atoms with Gasteiger partial charge in [-0.1, -0.05) is 42.5 Å². The third-order valence-corrected chi connectivity index (χ3v) is 6.11. The van der Waals surface area contributed by atoms with Crippen LogP contribution in [-0.4, -0.2) is 43.9 Å². The first-order chi connectivity index (χ1) is 14.7.